The Labute approximate surface area is 106 Å². The number of imidazole rings is 1. The number of aromatic nitrogens is 2. The van der Waals surface area contributed by atoms with Crippen LogP contribution in [0.3, 0.4) is 0 Å². The van der Waals surface area contributed by atoms with E-state index >= 15 is 0 Å². The van der Waals surface area contributed by atoms with E-state index in [2.05, 4.69) is 23.8 Å². The van der Waals surface area contributed by atoms with Gasteiger partial charge in [0.15, 0.2) is 0 Å². The largest absolute Gasteiger partial charge is 0.447 e. The van der Waals surface area contributed by atoms with Crippen molar-refractivity contribution < 1.29 is 9.53 Å². The van der Waals surface area contributed by atoms with Gasteiger partial charge in [-0.3, -0.25) is 4.90 Å². The first-order valence-corrected chi connectivity index (χ1v) is 6.13. The van der Waals surface area contributed by atoms with E-state index in [0.717, 1.165) is 16.7 Å². The first kappa shape index (κ1) is 12.4. The molecule has 1 aromatic heterocycles. The van der Waals surface area contributed by atoms with E-state index in [0.29, 0.717) is 13.2 Å². The minimum Gasteiger partial charge on any atom is -0.447 e. The van der Waals surface area contributed by atoms with Gasteiger partial charge in [0.2, 0.25) is 0 Å². The second-order valence-corrected chi connectivity index (χ2v) is 4.08. The van der Waals surface area contributed by atoms with Crippen LogP contribution in [0.2, 0.25) is 0 Å². The van der Waals surface area contributed by atoms with Gasteiger partial charge >= 0.3 is 6.09 Å². The number of fused-ring (bicyclic) bond motifs is 1. The zero-order valence-corrected chi connectivity index (χ0v) is 10.6. The summed E-state index contributed by atoms with van der Waals surface area (Å²) in [4.78, 5) is 20.1. The van der Waals surface area contributed by atoms with E-state index in [1.165, 1.54) is 6.42 Å². The standard InChI is InChI=1S/C10H9N3O2.C3H8/c14-10-13(3-4-15-10)7-1-2-8-9(5-7)12-6-11-8;1-3-2/h1-2,5-6H,3-4H2,(H,11,12);3H2,1-2H3. The van der Waals surface area contributed by atoms with Crippen molar-refractivity contribution in [2.24, 2.45) is 0 Å². The van der Waals surface area contributed by atoms with Crippen molar-refractivity contribution in [2.75, 3.05) is 18.1 Å². The maximum absolute atomic E-state index is 11.3. The molecule has 1 aliphatic rings. The van der Waals surface area contributed by atoms with Crippen molar-refractivity contribution in [1.82, 2.24) is 9.97 Å². The molecule has 1 amide bonds. The zero-order chi connectivity index (χ0) is 13.0. The predicted molar refractivity (Wildman–Crippen MR) is 70.8 cm³/mol. The molecule has 0 spiro atoms. The Kier molecular flexibility index (Phi) is 3.82. The minimum absolute atomic E-state index is 0.283. The number of hydrogen-bond acceptors (Lipinski definition) is 3. The van der Waals surface area contributed by atoms with E-state index in [1.807, 2.05) is 18.2 Å². The van der Waals surface area contributed by atoms with Crippen LogP contribution in [0.5, 0.6) is 0 Å². The highest BCUT2D eigenvalue weighted by Gasteiger charge is 2.23. The summed E-state index contributed by atoms with van der Waals surface area (Å²) in [6.45, 7) is 5.32. The van der Waals surface area contributed by atoms with Gasteiger partial charge in [-0.2, -0.15) is 0 Å². The minimum atomic E-state index is -0.283. The molecule has 5 nitrogen and oxygen atoms in total. The summed E-state index contributed by atoms with van der Waals surface area (Å²) in [6, 6.07) is 5.65. The van der Waals surface area contributed by atoms with Crippen molar-refractivity contribution >= 4 is 22.8 Å². The van der Waals surface area contributed by atoms with Gasteiger partial charge < -0.3 is 9.72 Å². The highest BCUT2D eigenvalue weighted by atomic mass is 16.6. The van der Waals surface area contributed by atoms with Gasteiger partial charge in [0.25, 0.3) is 0 Å². The van der Waals surface area contributed by atoms with Crippen molar-refractivity contribution in [3.8, 4) is 0 Å². The van der Waals surface area contributed by atoms with Gasteiger partial charge in [-0.15, -0.1) is 0 Å². The average Bonchev–Trinajstić information content (AvgIpc) is 2.97. The van der Waals surface area contributed by atoms with Crippen molar-refractivity contribution in [3.63, 3.8) is 0 Å². The molecule has 0 bridgehead atoms. The molecule has 0 radical (unpaired) electrons. The lowest BCUT2D eigenvalue weighted by molar-refractivity contribution is 0.181. The van der Waals surface area contributed by atoms with E-state index in [-0.39, 0.29) is 6.09 Å². The summed E-state index contributed by atoms with van der Waals surface area (Å²) in [5.41, 5.74) is 2.66. The molecule has 2 heterocycles. The Bertz CT molecular complexity index is 536. The first-order valence-electron chi connectivity index (χ1n) is 6.13. The number of anilines is 1. The smallest absolute Gasteiger partial charge is 0.414 e. The molecule has 0 aliphatic carbocycles. The number of nitrogens with one attached hydrogen (secondary N) is 1. The lowest BCUT2D eigenvalue weighted by Crippen LogP contribution is -2.23. The Morgan fingerprint density at radius 1 is 1.44 bits per heavy atom. The SMILES string of the molecule is CCC.O=C1OCCN1c1ccc2nc[nH]c2c1. The summed E-state index contributed by atoms with van der Waals surface area (Å²) in [7, 11) is 0. The molecule has 1 saturated heterocycles. The van der Waals surface area contributed by atoms with Gasteiger partial charge in [-0.1, -0.05) is 20.3 Å². The summed E-state index contributed by atoms with van der Waals surface area (Å²) >= 11 is 0. The third kappa shape index (κ3) is 2.45. The van der Waals surface area contributed by atoms with Crippen LogP contribution >= 0.6 is 0 Å². The van der Waals surface area contributed by atoms with Gasteiger partial charge in [-0.25, -0.2) is 9.78 Å². The van der Waals surface area contributed by atoms with Crippen LogP contribution in [-0.4, -0.2) is 29.2 Å². The van der Waals surface area contributed by atoms with E-state index in [4.69, 9.17) is 4.74 Å². The monoisotopic (exact) mass is 247 g/mol. The molecule has 0 saturated carbocycles. The molecule has 1 N–H and O–H groups in total. The fourth-order valence-corrected chi connectivity index (χ4v) is 1.72. The molecular weight excluding hydrogens is 230 g/mol. The average molecular weight is 247 g/mol. The molecule has 0 unspecified atom stereocenters. The Balaban J connectivity index is 0.000000367. The Hall–Kier alpha value is -2.04. The third-order valence-corrected chi connectivity index (χ3v) is 2.48. The lowest BCUT2D eigenvalue weighted by atomic mass is 10.2. The molecule has 1 aromatic carbocycles. The van der Waals surface area contributed by atoms with Crippen LogP contribution in [0.15, 0.2) is 24.5 Å². The number of nitrogens with zero attached hydrogens (tertiary/aromatic N) is 2. The maximum Gasteiger partial charge on any atom is 0.414 e. The van der Waals surface area contributed by atoms with E-state index < -0.39 is 0 Å². The molecule has 1 fully saturated rings. The number of H-pyrrole nitrogens is 1. The highest BCUT2D eigenvalue weighted by Crippen LogP contribution is 2.22. The molecule has 0 atom stereocenters. The molecule has 2 aromatic rings. The van der Waals surface area contributed by atoms with Crippen LogP contribution in [0, 0.1) is 0 Å². The number of benzene rings is 1. The van der Waals surface area contributed by atoms with Crippen LogP contribution in [0.4, 0.5) is 10.5 Å². The predicted octanol–water partition coefficient (Wildman–Crippen LogP) is 2.94. The van der Waals surface area contributed by atoms with Crippen LogP contribution in [-0.2, 0) is 4.74 Å². The number of carbonyl (C=O) groups excluding carboxylic acids is 1. The zero-order valence-electron chi connectivity index (χ0n) is 10.6. The quantitative estimate of drug-likeness (QED) is 0.842. The Morgan fingerprint density at radius 3 is 2.89 bits per heavy atom. The Morgan fingerprint density at radius 2 is 2.22 bits per heavy atom. The number of amides is 1. The van der Waals surface area contributed by atoms with E-state index in [9.17, 15) is 4.79 Å². The molecular formula is C13H17N3O2. The topological polar surface area (TPSA) is 58.2 Å². The molecule has 5 heteroatoms. The first-order chi connectivity index (χ1) is 8.76. The van der Waals surface area contributed by atoms with Crippen LogP contribution in [0.25, 0.3) is 11.0 Å². The molecule has 1 aliphatic heterocycles. The van der Waals surface area contributed by atoms with Crippen molar-refractivity contribution in [1.29, 1.82) is 0 Å². The normalized spacial score (nSPS) is 14.3. The summed E-state index contributed by atoms with van der Waals surface area (Å²) in [5, 5.41) is 0. The van der Waals surface area contributed by atoms with Crippen LogP contribution < -0.4 is 4.90 Å². The number of rotatable bonds is 1. The number of hydrogen-bond donors (Lipinski definition) is 1. The van der Waals surface area contributed by atoms with Gasteiger partial charge in [0.05, 0.1) is 23.9 Å². The third-order valence-electron chi connectivity index (χ3n) is 2.48. The molecule has 96 valence electrons. The lowest BCUT2D eigenvalue weighted by Gasteiger charge is -2.11. The van der Waals surface area contributed by atoms with Crippen molar-refractivity contribution in [2.45, 2.75) is 20.3 Å². The van der Waals surface area contributed by atoms with Gasteiger partial charge in [0.1, 0.15) is 6.61 Å². The summed E-state index contributed by atoms with van der Waals surface area (Å²) < 4.78 is 4.87. The number of ether oxygens (including phenoxy) is 1. The fraction of sp³-hybridized carbons (Fsp3) is 0.385. The van der Waals surface area contributed by atoms with Gasteiger partial charge in [-0.05, 0) is 18.2 Å². The number of cyclic esters (lactones) is 1. The number of carbonyl (C=O) groups is 1. The molecule has 18 heavy (non-hydrogen) atoms. The van der Waals surface area contributed by atoms with Crippen molar-refractivity contribution in [3.05, 3.63) is 24.5 Å². The van der Waals surface area contributed by atoms with Gasteiger partial charge in [0, 0.05) is 5.69 Å². The number of aromatic amines is 1. The summed E-state index contributed by atoms with van der Waals surface area (Å²) in [6.07, 6.45) is 2.60. The fourth-order valence-electron chi connectivity index (χ4n) is 1.72. The second kappa shape index (κ2) is 5.53. The molecule has 3 rings (SSSR count). The summed E-state index contributed by atoms with van der Waals surface area (Å²) in [5.74, 6) is 0. The highest BCUT2D eigenvalue weighted by molar-refractivity contribution is 5.92. The van der Waals surface area contributed by atoms with E-state index in [1.54, 1.807) is 11.2 Å². The maximum atomic E-state index is 11.3. The van der Waals surface area contributed by atoms with Crippen LogP contribution in [0.1, 0.15) is 20.3 Å². The second-order valence-electron chi connectivity index (χ2n) is 4.08.